The molecule has 2 heterocycles. The van der Waals surface area contributed by atoms with E-state index in [1.54, 1.807) is 19.1 Å². The van der Waals surface area contributed by atoms with E-state index >= 15 is 0 Å². The monoisotopic (exact) mass is 455 g/mol. The number of anilines is 1. The molecule has 1 aliphatic heterocycles. The number of nitrogens with zero attached hydrogens (tertiary/aromatic N) is 4. The molecule has 1 aromatic heterocycles. The van der Waals surface area contributed by atoms with Gasteiger partial charge < -0.3 is 14.6 Å². The molecule has 0 radical (unpaired) electrons. The molecule has 1 unspecified atom stereocenters. The number of allylic oxidation sites excluding steroid dienone is 1. The molecule has 1 aromatic carbocycles. The number of nitro groups is 1. The summed E-state index contributed by atoms with van der Waals surface area (Å²) in [4.78, 5) is 30.8. The number of fused-ring (bicyclic) bond motifs is 1. The highest BCUT2D eigenvalue weighted by Gasteiger charge is 2.35. The number of ether oxygens (including phenoxy) is 1. The van der Waals surface area contributed by atoms with Gasteiger partial charge in [0.25, 0.3) is 5.69 Å². The van der Waals surface area contributed by atoms with Gasteiger partial charge in [-0.3, -0.25) is 15.0 Å². The van der Waals surface area contributed by atoms with Crippen LogP contribution in [0.4, 0.5) is 11.6 Å². The quantitative estimate of drug-likeness (QED) is 0.299. The number of benzene rings is 1. The predicted molar refractivity (Wildman–Crippen MR) is 127 cm³/mol. The number of unbranched alkanes of at least 4 members (excludes halogenated alkanes) is 2. The number of rotatable bonds is 11. The van der Waals surface area contributed by atoms with Gasteiger partial charge in [0.1, 0.15) is 0 Å². The first-order chi connectivity index (χ1) is 15.9. The Labute approximate surface area is 194 Å². The Kier molecular flexibility index (Phi) is 8.21. The molecule has 0 saturated carbocycles. The summed E-state index contributed by atoms with van der Waals surface area (Å²) < 4.78 is 7.07. The minimum absolute atomic E-state index is 0.0244. The molecule has 2 aromatic rings. The zero-order valence-corrected chi connectivity index (χ0v) is 19.8. The van der Waals surface area contributed by atoms with E-state index in [0.29, 0.717) is 29.3 Å². The van der Waals surface area contributed by atoms with Crippen molar-refractivity contribution < 1.29 is 14.5 Å². The van der Waals surface area contributed by atoms with Crippen LogP contribution < -0.4 is 5.32 Å². The fourth-order valence-electron chi connectivity index (χ4n) is 4.22. The average Bonchev–Trinajstić information content (AvgIpc) is 3.21. The topological polar surface area (TPSA) is 103 Å². The lowest BCUT2D eigenvalue weighted by atomic mass is 9.94. The molecule has 9 nitrogen and oxygen atoms in total. The van der Waals surface area contributed by atoms with Gasteiger partial charge in [0, 0.05) is 24.4 Å². The van der Waals surface area contributed by atoms with E-state index in [1.165, 1.54) is 19.2 Å². The van der Waals surface area contributed by atoms with Gasteiger partial charge in [0.15, 0.2) is 0 Å². The van der Waals surface area contributed by atoms with Crippen LogP contribution in [0.15, 0.2) is 41.7 Å². The van der Waals surface area contributed by atoms with Crippen LogP contribution in [0, 0.1) is 10.1 Å². The number of hydrogen-bond acceptors (Lipinski definition) is 7. The largest absolute Gasteiger partial charge is 0.466 e. The lowest BCUT2D eigenvalue weighted by Crippen LogP contribution is -2.32. The van der Waals surface area contributed by atoms with Crippen molar-refractivity contribution in [2.24, 2.45) is 0 Å². The number of carbonyl (C=O) groups is 1. The molecule has 178 valence electrons. The van der Waals surface area contributed by atoms with Crippen molar-refractivity contribution in [3.05, 3.63) is 63.1 Å². The fourth-order valence-corrected chi connectivity index (χ4v) is 4.22. The number of aromatic nitrogens is 2. The van der Waals surface area contributed by atoms with Crippen LogP contribution in [0.1, 0.15) is 63.8 Å². The first-order valence-corrected chi connectivity index (χ1v) is 11.5. The van der Waals surface area contributed by atoms with E-state index in [2.05, 4.69) is 29.0 Å². The number of nitrogens with one attached hydrogen (secondary N) is 1. The molecule has 0 amide bonds. The summed E-state index contributed by atoms with van der Waals surface area (Å²) in [5, 5.41) is 14.7. The standard InChI is InChI=1S/C24H33N5O4/c1-5-7-12-27(13-8-6-2)16-20-15-25-24-26-17(3)21(23(30)33-4)22(28(20)24)18-10-9-11-19(14-18)29(31)32/h9-11,14-15,22H,5-8,12-13,16H2,1-4H3,(H,25,26). The third-order valence-electron chi connectivity index (χ3n) is 5.95. The van der Waals surface area contributed by atoms with Crippen LogP contribution in [-0.4, -0.2) is 45.5 Å². The Balaban J connectivity index is 2.09. The van der Waals surface area contributed by atoms with Crippen molar-refractivity contribution in [2.75, 3.05) is 25.5 Å². The number of imidazole rings is 1. The number of hydrogen-bond donors (Lipinski definition) is 1. The highest BCUT2D eigenvalue weighted by molar-refractivity contribution is 5.92. The average molecular weight is 456 g/mol. The van der Waals surface area contributed by atoms with Crippen LogP contribution >= 0.6 is 0 Å². The summed E-state index contributed by atoms with van der Waals surface area (Å²) in [6.45, 7) is 8.78. The Bertz CT molecular complexity index is 1020. The molecule has 9 heteroatoms. The van der Waals surface area contributed by atoms with Crippen LogP contribution in [0.25, 0.3) is 0 Å². The minimum atomic E-state index is -0.578. The highest BCUT2D eigenvalue weighted by atomic mass is 16.6. The molecule has 1 aliphatic rings. The van der Waals surface area contributed by atoms with Crippen LogP contribution in [-0.2, 0) is 16.1 Å². The van der Waals surface area contributed by atoms with E-state index in [0.717, 1.165) is 44.5 Å². The highest BCUT2D eigenvalue weighted by Crippen LogP contribution is 2.38. The van der Waals surface area contributed by atoms with Crippen LogP contribution in [0.5, 0.6) is 0 Å². The van der Waals surface area contributed by atoms with Crippen molar-refractivity contribution in [1.29, 1.82) is 0 Å². The molecule has 1 atom stereocenters. The number of non-ortho nitro benzene ring substituents is 1. The Hall–Kier alpha value is -3.20. The minimum Gasteiger partial charge on any atom is -0.466 e. The molecule has 3 rings (SSSR count). The van der Waals surface area contributed by atoms with Gasteiger partial charge in [-0.2, -0.15) is 0 Å². The lowest BCUT2D eigenvalue weighted by molar-refractivity contribution is -0.384. The second kappa shape index (κ2) is 11.1. The third kappa shape index (κ3) is 5.42. The van der Waals surface area contributed by atoms with Gasteiger partial charge in [-0.1, -0.05) is 38.8 Å². The normalized spacial score (nSPS) is 15.4. The first kappa shape index (κ1) is 24.4. The zero-order valence-electron chi connectivity index (χ0n) is 19.8. The molecular formula is C24H33N5O4. The van der Waals surface area contributed by atoms with Crippen molar-refractivity contribution in [2.45, 2.75) is 59.0 Å². The maximum atomic E-state index is 12.8. The Morgan fingerprint density at radius 3 is 2.58 bits per heavy atom. The molecule has 0 spiro atoms. The first-order valence-electron chi connectivity index (χ1n) is 11.5. The summed E-state index contributed by atoms with van der Waals surface area (Å²) >= 11 is 0. The number of esters is 1. The lowest BCUT2D eigenvalue weighted by Gasteiger charge is -2.32. The smallest absolute Gasteiger partial charge is 0.337 e. The summed E-state index contributed by atoms with van der Waals surface area (Å²) in [5.74, 6) is 0.133. The van der Waals surface area contributed by atoms with E-state index in [4.69, 9.17) is 4.74 Å². The molecular weight excluding hydrogens is 422 g/mol. The van der Waals surface area contributed by atoms with Crippen molar-refractivity contribution >= 4 is 17.6 Å². The van der Waals surface area contributed by atoms with E-state index in [-0.39, 0.29) is 5.69 Å². The van der Waals surface area contributed by atoms with Gasteiger partial charge in [0.05, 0.1) is 35.5 Å². The van der Waals surface area contributed by atoms with Gasteiger partial charge >= 0.3 is 5.97 Å². The number of methoxy groups -OCH3 is 1. The van der Waals surface area contributed by atoms with E-state index < -0.39 is 16.9 Å². The van der Waals surface area contributed by atoms with Gasteiger partial charge in [0.2, 0.25) is 5.95 Å². The Morgan fingerprint density at radius 2 is 1.97 bits per heavy atom. The Morgan fingerprint density at radius 1 is 1.27 bits per heavy atom. The summed E-state index contributed by atoms with van der Waals surface area (Å²) in [5.41, 5.74) is 2.59. The van der Waals surface area contributed by atoms with Crippen LogP contribution in [0.3, 0.4) is 0 Å². The second-order valence-corrected chi connectivity index (χ2v) is 8.34. The molecule has 0 fully saturated rings. The zero-order chi connectivity index (χ0) is 24.0. The number of carbonyl (C=O) groups excluding carboxylic acids is 1. The predicted octanol–water partition coefficient (Wildman–Crippen LogP) is 4.66. The molecule has 33 heavy (non-hydrogen) atoms. The van der Waals surface area contributed by atoms with Gasteiger partial charge in [-0.15, -0.1) is 0 Å². The SMILES string of the molecule is CCCCN(CCCC)Cc1cnc2n1C(c1cccc([N+](=O)[O-])c1)C(C(=O)OC)=C(C)N2. The third-order valence-corrected chi connectivity index (χ3v) is 5.95. The van der Waals surface area contributed by atoms with E-state index in [9.17, 15) is 14.9 Å². The molecule has 0 aliphatic carbocycles. The van der Waals surface area contributed by atoms with Crippen molar-refractivity contribution in [3.63, 3.8) is 0 Å². The van der Waals surface area contributed by atoms with Crippen molar-refractivity contribution in [1.82, 2.24) is 14.5 Å². The summed E-state index contributed by atoms with van der Waals surface area (Å²) in [6, 6.07) is 5.84. The van der Waals surface area contributed by atoms with Crippen molar-refractivity contribution in [3.8, 4) is 0 Å². The van der Waals surface area contributed by atoms with Gasteiger partial charge in [-0.25, -0.2) is 9.78 Å². The summed E-state index contributed by atoms with van der Waals surface area (Å²) in [6.07, 6.45) is 6.25. The van der Waals surface area contributed by atoms with E-state index in [1.807, 2.05) is 10.8 Å². The maximum absolute atomic E-state index is 12.8. The van der Waals surface area contributed by atoms with Crippen LogP contribution in [0.2, 0.25) is 0 Å². The second-order valence-electron chi connectivity index (χ2n) is 8.34. The molecule has 0 saturated heterocycles. The molecule has 1 N–H and O–H groups in total. The number of nitro benzene ring substituents is 1. The summed E-state index contributed by atoms with van der Waals surface area (Å²) in [7, 11) is 1.34. The fraction of sp³-hybridized carbons (Fsp3) is 0.500. The molecule has 0 bridgehead atoms. The maximum Gasteiger partial charge on any atom is 0.337 e. The van der Waals surface area contributed by atoms with Gasteiger partial charge in [-0.05, 0) is 38.4 Å².